The SMILES string of the molecule is C=[C]C1CCC2OC2C1. The summed E-state index contributed by atoms with van der Waals surface area (Å²) in [5, 5.41) is 0. The van der Waals surface area contributed by atoms with E-state index in [-0.39, 0.29) is 0 Å². The summed E-state index contributed by atoms with van der Waals surface area (Å²) in [6, 6.07) is 0. The number of hydrogen-bond donors (Lipinski definition) is 0. The highest BCUT2D eigenvalue weighted by Gasteiger charge is 2.42. The highest BCUT2D eigenvalue weighted by Crippen LogP contribution is 2.39. The molecule has 0 aromatic rings. The van der Waals surface area contributed by atoms with E-state index in [4.69, 9.17) is 4.74 Å². The van der Waals surface area contributed by atoms with E-state index in [0.29, 0.717) is 18.1 Å². The number of fused-ring (bicyclic) bond motifs is 1. The molecule has 2 rings (SSSR count). The molecule has 0 aromatic carbocycles. The minimum absolute atomic E-state index is 0.581. The van der Waals surface area contributed by atoms with Crippen molar-refractivity contribution in [1.29, 1.82) is 0 Å². The van der Waals surface area contributed by atoms with E-state index in [1.54, 1.807) is 0 Å². The van der Waals surface area contributed by atoms with Gasteiger partial charge in [0.15, 0.2) is 0 Å². The molecule has 3 atom stereocenters. The fourth-order valence-corrected chi connectivity index (χ4v) is 1.59. The number of rotatable bonds is 1. The van der Waals surface area contributed by atoms with Crippen molar-refractivity contribution < 1.29 is 4.74 Å². The second kappa shape index (κ2) is 1.84. The standard InChI is InChI=1S/C8H11O/c1-2-6-3-4-7-8(5-6)9-7/h6-8H,1,3-5H2. The van der Waals surface area contributed by atoms with Gasteiger partial charge in [0.1, 0.15) is 0 Å². The van der Waals surface area contributed by atoms with Crippen LogP contribution in [-0.2, 0) is 4.74 Å². The molecule has 0 amide bonds. The molecule has 1 heteroatoms. The van der Waals surface area contributed by atoms with Crippen LogP contribution in [0.5, 0.6) is 0 Å². The van der Waals surface area contributed by atoms with Gasteiger partial charge < -0.3 is 4.74 Å². The third-order valence-corrected chi connectivity index (χ3v) is 2.29. The van der Waals surface area contributed by atoms with Crippen LogP contribution in [-0.4, -0.2) is 12.2 Å². The topological polar surface area (TPSA) is 12.5 Å². The molecular formula is C8H11O. The zero-order valence-corrected chi connectivity index (χ0v) is 5.47. The average molecular weight is 123 g/mol. The Morgan fingerprint density at radius 1 is 1.33 bits per heavy atom. The maximum absolute atomic E-state index is 5.34. The summed E-state index contributed by atoms with van der Waals surface area (Å²) in [5.41, 5.74) is 0. The second-order valence-corrected chi connectivity index (χ2v) is 2.93. The molecule has 0 N–H and O–H groups in total. The van der Waals surface area contributed by atoms with Gasteiger partial charge in [-0.3, -0.25) is 0 Å². The Morgan fingerprint density at radius 2 is 2.22 bits per heavy atom. The molecule has 2 fully saturated rings. The quantitative estimate of drug-likeness (QED) is 0.482. The van der Waals surface area contributed by atoms with Crippen molar-refractivity contribution in [2.24, 2.45) is 5.92 Å². The molecule has 0 aromatic heterocycles. The number of epoxide rings is 1. The lowest BCUT2D eigenvalue weighted by molar-refractivity contribution is 0.370. The summed E-state index contributed by atoms with van der Waals surface area (Å²) in [6.07, 6.45) is 7.88. The molecule has 2 aliphatic rings. The van der Waals surface area contributed by atoms with Gasteiger partial charge in [-0.15, -0.1) is 0 Å². The fraction of sp³-hybridized carbons (Fsp3) is 0.750. The smallest absolute Gasteiger partial charge is 0.0847 e. The van der Waals surface area contributed by atoms with Crippen molar-refractivity contribution in [3.05, 3.63) is 12.7 Å². The van der Waals surface area contributed by atoms with Crippen LogP contribution in [0.15, 0.2) is 6.58 Å². The van der Waals surface area contributed by atoms with Gasteiger partial charge in [-0.25, -0.2) is 0 Å². The number of ether oxygens (including phenoxy) is 1. The van der Waals surface area contributed by atoms with Crippen LogP contribution in [0.1, 0.15) is 19.3 Å². The maximum atomic E-state index is 5.34. The third-order valence-electron chi connectivity index (χ3n) is 2.29. The van der Waals surface area contributed by atoms with E-state index >= 15 is 0 Å². The van der Waals surface area contributed by atoms with Gasteiger partial charge in [-0.05, 0) is 31.3 Å². The molecule has 1 radical (unpaired) electrons. The monoisotopic (exact) mass is 123 g/mol. The first kappa shape index (κ1) is 5.48. The molecule has 0 bridgehead atoms. The summed E-state index contributed by atoms with van der Waals surface area (Å²) in [7, 11) is 0. The van der Waals surface area contributed by atoms with Crippen molar-refractivity contribution in [3.63, 3.8) is 0 Å². The van der Waals surface area contributed by atoms with Crippen LogP contribution in [0, 0.1) is 12.0 Å². The molecule has 49 valence electrons. The molecule has 1 aliphatic heterocycles. The molecule has 1 aliphatic carbocycles. The normalized spacial score (nSPS) is 47.8. The van der Waals surface area contributed by atoms with Gasteiger partial charge in [0.25, 0.3) is 0 Å². The van der Waals surface area contributed by atoms with Crippen molar-refractivity contribution in [1.82, 2.24) is 0 Å². The lowest BCUT2D eigenvalue weighted by Gasteiger charge is -2.12. The van der Waals surface area contributed by atoms with Crippen LogP contribution in [0.3, 0.4) is 0 Å². The van der Waals surface area contributed by atoms with Crippen molar-refractivity contribution in [2.45, 2.75) is 31.5 Å². The minimum atomic E-state index is 0.581. The van der Waals surface area contributed by atoms with Gasteiger partial charge in [0.05, 0.1) is 12.2 Å². The summed E-state index contributed by atoms with van der Waals surface area (Å²) < 4.78 is 5.34. The fourth-order valence-electron chi connectivity index (χ4n) is 1.59. The Bertz CT molecular complexity index is 131. The zero-order valence-electron chi connectivity index (χ0n) is 5.47. The van der Waals surface area contributed by atoms with Crippen LogP contribution >= 0.6 is 0 Å². The Morgan fingerprint density at radius 3 is 2.89 bits per heavy atom. The Hall–Kier alpha value is -0.300. The summed E-state index contributed by atoms with van der Waals surface area (Å²) in [6.45, 7) is 3.66. The summed E-state index contributed by atoms with van der Waals surface area (Å²) in [5.74, 6) is 0.619. The second-order valence-electron chi connectivity index (χ2n) is 2.93. The number of allylic oxidation sites excluding steroid dienone is 1. The molecule has 9 heavy (non-hydrogen) atoms. The largest absolute Gasteiger partial charge is 0.370 e. The first-order chi connectivity index (χ1) is 4.40. The van der Waals surface area contributed by atoms with Gasteiger partial charge in [0, 0.05) is 0 Å². The molecular weight excluding hydrogens is 112 g/mol. The molecule has 1 saturated carbocycles. The minimum Gasteiger partial charge on any atom is -0.370 e. The van der Waals surface area contributed by atoms with Crippen molar-refractivity contribution >= 4 is 0 Å². The van der Waals surface area contributed by atoms with Gasteiger partial charge >= 0.3 is 0 Å². The zero-order chi connectivity index (χ0) is 6.27. The predicted octanol–water partition coefficient (Wildman–Crippen LogP) is 1.54. The first-order valence-electron chi connectivity index (χ1n) is 3.58. The van der Waals surface area contributed by atoms with E-state index in [0.717, 1.165) is 0 Å². The summed E-state index contributed by atoms with van der Waals surface area (Å²) >= 11 is 0. The number of hydrogen-bond acceptors (Lipinski definition) is 1. The maximum Gasteiger partial charge on any atom is 0.0847 e. The van der Waals surface area contributed by atoms with Gasteiger partial charge in [0.2, 0.25) is 0 Å². The van der Waals surface area contributed by atoms with E-state index in [2.05, 4.69) is 12.7 Å². The summed E-state index contributed by atoms with van der Waals surface area (Å²) in [4.78, 5) is 0. The highest BCUT2D eigenvalue weighted by atomic mass is 16.6. The third kappa shape index (κ3) is 0.897. The van der Waals surface area contributed by atoms with E-state index in [1.165, 1.54) is 19.3 Å². The van der Waals surface area contributed by atoms with Crippen LogP contribution in [0.4, 0.5) is 0 Å². The predicted molar refractivity (Wildman–Crippen MR) is 34.9 cm³/mol. The highest BCUT2D eigenvalue weighted by molar-refractivity contribution is 4.94. The Balaban J connectivity index is 1.93. The van der Waals surface area contributed by atoms with Crippen LogP contribution in [0.25, 0.3) is 0 Å². The van der Waals surface area contributed by atoms with Crippen LogP contribution in [0.2, 0.25) is 0 Å². The lowest BCUT2D eigenvalue weighted by Crippen LogP contribution is -2.10. The molecule has 1 saturated heterocycles. The Labute approximate surface area is 55.7 Å². The first-order valence-corrected chi connectivity index (χ1v) is 3.58. The van der Waals surface area contributed by atoms with Gasteiger partial charge in [-0.1, -0.05) is 6.58 Å². The molecule has 1 nitrogen and oxygen atoms in total. The van der Waals surface area contributed by atoms with E-state index in [9.17, 15) is 0 Å². The molecule has 0 spiro atoms. The molecule has 3 unspecified atom stereocenters. The van der Waals surface area contributed by atoms with E-state index in [1.807, 2.05) is 0 Å². The Kier molecular flexibility index (Phi) is 1.12. The lowest BCUT2D eigenvalue weighted by atomic mass is 9.90. The molecule has 1 heterocycles. The van der Waals surface area contributed by atoms with E-state index < -0.39 is 0 Å². The van der Waals surface area contributed by atoms with Crippen molar-refractivity contribution in [3.8, 4) is 0 Å². The van der Waals surface area contributed by atoms with Crippen molar-refractivity contribution in [2.75, 3.05) is 0 Å². The average Bonchev–Trinajstić information content (AvgIpc) is 2.64. The van der Waals surface area contributed by atoms with Gasteiger partial charge in [-0.2, -0.15) is 0 Å². The van der Waals surface area contributed by atoms with Crippen LogP contribution < -0.4 is 0 Å².